The van der Waals surface area contributed by atoms with Crippen LogP contribution in [0.25, 0.3) is 0 Å². The van der Waals surface area contributed by atoms with Gasteiger partial charge >= 0.3 is 6.03 Å². The van der Waals surface area contributed by atoms with Gasteiger partial charge in [0.25, 0.3) is 5.91 Å². The van der Waals surface area contributed by atoms with E-state index in [0.717, 1.165) is 41.3 Å². The molecule has 1 aliphatic heterocycles. The van der Waals surface area contributed by atoms with E-state index in [-0.39, 0.29) is 17.4 Å². The van der Waals surface area contributed by atoms with E-state index in [1.165, 1.54) is 0 Å². The summed E-state index contributed by atoms with van der Waals surface area (Å²) in [6.07, 6.45) is 2.91. The molecule has 0 aliphatic carbocycles. The second kappa shape index (κ2) is 7.66. The quantitative estimate of drug-likeness (QED) is 0.617. The first-order valence-electron chi connectivity index (χ1n) is 8.29. The highest BCUT2D eigenvalue weighted by Gasteiger charge is 2.33. The van der Waals surface area contributed by atoms with E-state index in [9.17, 15) is 14.7 Å². The first-order chi connectivity index (χ1) is 11.2. The van der Waals surface area contributed by atoms with Crippen LogP contribution in [0.3, 0.4) is 0 Å². The van der Waals surface area contributed by atoms with Gasteiger partial charge in [-0.05, 0) is 54.4 Å². The van der Waals surface area contributed by atoms with Gasteiger partial charge in [0, 0.05) is 4.47 Å². The SMILES string of the molecule is CC[C@@H](O)CCC(C)(C)Cc1ccc(Br)cc1C1NC(=O)NC1=O. The number of carbonyl (C=O) groups excluding carboxylic acids is 2. The van der Waals surface area contributed by atoms with E-state index in [2.05, 4.69) is 40.4 Å². The Bertz CT molecular complexity index is 631. The molecule has 0 aromatic heterocycles. The van der Waals surface area contributed by atoms with Gasteiger partial charge in [0.1, 0.15) is 6.04 Å². The number of aliphatic hydroxyl groups is 1. The zero-order chi connectivity index (χ0) is 17.9. The molecule has 5 nitrogen and oxygen atoms in total. The van der Waals surface area contributed by atoms with Crippen LogP contribution in [-0.4, -0.2) is 23.1 Å². The molecule has 3 N–H and O–H groups in total. The largest absolute Gasteiger partial charge is 0.393 e. The number of urea groups is 1. The summed E-state index contributed by atoms with van der Waals surface area (Å²) >= 11 is 3.44. The fourth-order valence-electron chi connectivity index (χ4n) is 3.00. The minimum absolute atomic E-state index is 0.0161. The Hall–Kier alpha value is -1.40. The average Bonchev–Trinajstić information content (AvgIpc) is 2.85. The highest BCUT2D eigenvalue weighted by molar-refractivity contribution is 9.10. The molecule has 1 aromatic rings. The fraction of sp³-hybridized carbons (Fsp3) is 0.556. The number of halogens is 1. The predicted octanol–water partition coefficient (Wildman–Crippen LogP) is 3.45. The van der Waals surface area contributed by atoms with Crippen LogP contribution < -0.4 is 10.6 Å². The zero-order valence-corrected chi connectivity index (χ0v) is 15.9. The third kappa shape index (κ3) is 4.80. The molecule has 1 saturated heterocycles. The summed E-state index contributed by atoms with van der Waals surface area (Å²) in [5.74, 6) is -0.321. The maximum Gasteiger partial charge on any atom is 0.322 e. The fourth-order valence-corrected chi connectivity index (χ4v) is 3.38. The van der Waals surface area contributed by atoms with Crippen LogP contribution in [0.15, 0.2) is 22.7 Å². The van der Waals surface area contributed by atoms with Crippen molar-refractivity contribution in [2.45, 2.75) is 58.6 Å². The number of carbonyl (C=O) groups is 2. The van der Waals surface area contributed by atoms with Crippen molar-refractivity contribution in [2.24, 2.45) is 5.41 Å². The van der Waals surface area contributed by atoms with E-state index in [1.54, 1.807) is 0 Å². The lowest BCUT2D eigenvalue weighted by atomic mass is 9.79. The van der Waals surface area contributed by atoms with Gasteiger partial charge in [-0.1, -0.05) is 42.8 Å². The molecule has 1 aliphatic rings. The number of rotatable bonds is 7. The van der Waals surface area contributed by atoms with Gasteiger partial charge in [0.05, 0.1) is 6.10 Å². The molecule has 0 spiro atoms. The van der Waals surface area contributed by atoms with E-state index in [4.69, 9.17) is 0 Å². The van der Waals surface area contributed by atoms with Crippen molar-refractivity contribution in [2.75, 3.05) is 0 Å². The van der Waals surface area contributed by atoms with Crippen LogP contribution in [0.4, 0.5) is 4.79 Å². The number of benzene rings is 1. The predicted molar refractivity (Wildman–Crippen MR) is 96.6 cm³/mol. The maximum absolute atomic E-state index is 12.0. The number of imide groups is 1. The number of nitrogens with one attached hydrogen (secondary N) is 2. The van der Waals surface area contributed by atoms with Crippen molar-refractivity contribution in [3.05, 3.63) is 33.8 Å². The molecule has 3 amide bonds. The Morgan fingerprint density at radius 1 is 1.33 bits per heavy atom. The highest BCUT2D eigenvalue weighted by atomic mass is 79.9. The van der Waals surface area contributed by atoms with Crippen molar-refractivity contribution in [1.29, 1.82) is 0 Å². The van der Waals surface area contributed by atoms with Gasteiger partial charge < -0.3 is 10.4 Å². The molecule has 1 unspecified atom stereocenters. The first-order valence-corrected chi connectivity index (χ1v) is 9.09. The van der Waals surface area contributed by atoms with Gasteiger partial charge in [-0.2, -0.15) is 0 Å². The summed E-state index contributed by atoms with van der Waals surface area (Å²) in [5, 5.41) is 14.8. The van der Waals surface area contributed by atoms with Gasteiger partial charge in [-0.3, -0.25) is 10.1 Å². The van der Waals surface area contributed by atoms with E-state index in [1.807, 2.05) is 25.1 Å². The van der Waals surface area contributed by atoms with Crippen molar-refractivity contribution >= 4 is 27.9 Å². The molecular formula is C18H25BrN2O3. The van der Waals surface area contributed by atoms with Crippen LogP contribution >= 0.6 is 15.9 Å². The summed E-state index contributed by atoms with van der Waals surface area (Å²) < 4.78 is 0.870. The van der Waals surface area contributed by atoms with Crippen LogP contribution in [-0.2, 0) is 11.2 Å². The molecule has 0 saturated carbocycles. The van der Waals surface area contributed by atoms with Crippen molar-refractivity contribution in [3.63, 3.8) is 0 Å². The van der Waals surface area contributed by atoms with Crippen LogP contribution in [0, 0.1) is 5.41 Å². The average molecular weight is 397 g/mol. The van der Waals surface area contributed by atoms with Gasteiger partial charge in [0.2, 0.25) is 0 Å². The molecule has 6 heteroatoms. The van der Waals surface area contributed by atoms with Gasteiger partial charge in [0.15, 0.2) is 0 Å². The Kier molecular flexibility index (Phi) is 6.04. The minimum Gasteiger partial charge on any atom is -0.393 e. The topological polar surface area (TPSA) is 78.4 Å². The lowest BCUT2D eigenvalue weighted by Gasteiger charge is -2.28. The Balaban J connectivity index is 2.21. The molecule has 1 heterocycles. The van der Waals surface area contributed by atoms with Crippen LogP contribution in [0.5, 0.6) is 0 Å². The summed E-state index contributed by atoms with van der Waals surface area (Å²) in [6, 6.07) is 4.73. The molecule has 1 aromatic carbocycles. The number of aliphatic hydroxyl groups excluding tert-OH is 1. The van der Waals surface area contributed by atoms with Crippen LogP contribution in [0.2, 0.25) is 0 Å². The third-order valence-electron chi connectivity index (χ3n) is 4.49. The molecule has 2 rings (SSSR count). The van der Waals surface area contributed by atoms with Crippen molar-refractivity contribution in [3.8, 4) is 0 Å². The summed E-state index contributed by atoms with van der Waals surface area (Å²) in [7, 11) is 0. The monoisotopic (exact) mass is 396 g/mol. The minimum atomic E-state index is -0.651. The maximum atomic E-state index is 12.0. The zero-order valence-electron chi connectivity index (χ0n) is 14.4. The van der Waals surface area contributed by atoms with Crippen molar-refractivity contribution < 1.29 is 14.7 Å². The Labute approximate surface area is 151 Å². The lowest BCUT2D eigenvalue weighted by Crippen LogP contribution is -2.24. The molecule has 1 fully saturated rings. The standard InChI is InChI=1S/C18H25BrN2O3/c1-4-13(22)7-8-18(2,3)10-11-5-6-12(19)9-14(11)15-16(23)21-17(24)20-15/h5-6,9,13,15,22H,4,7-8,10H2,1-3H3,(H2,20,21,23,24)/t13-,15?/m1/s1. The van der Waals surface area contributed by atoms with E-state index in [0.29, 0.717) is 0 Å². The molecular weight excluding hydrogens is 372 g/mol. The summed E-state index contributed by atoms with van der Waals surface area (Å²) in [5.41, 5.74) is 1.84. The molecule has 24 heavy (non-hydrogen) atoms. The summed E-state index contributed by atoms with van der Waals surface area (Å²) in [4.78, 5) is 23.5. The normalized spacial score (nSPS) is 19.1. The second-order valence-electron chi connectivity index (χ2n) is 7.18. The molecule has 0 radical (unpaired) electrons. The van der Waals surface area contributed by atoms with Gasteiger partial charge in [-0.15, -0.1) is 0 Å². The molecule has 132 valence electrons. The first kappa shape index (κ1) is 18.9. The number of hydrogen-bond acceptors (Lipinski definition) is 3. The Morgan fingerprint density at radius 2 is 2.04 bits per heavy atom. The van der Waals surface area contributed by atoms with Gasteiger partial charge in [-0.25, -0.2) is 4.79 Å². The Morgan fingerprint density at radius 3 is 2.62 bits per heavy atom. The van der Waals surface area contributed by atoms with Crippen molar-refractivity contribution in [1.82, 2.24) is 10.6 Å². The van der Waals surface area contributed by atoms with E-state index >= 15 is 0 Å². The molecule has 2 atom stereocenters. The van der Waals surface area contributed by atoms with Crippen LogP contribution in [0.1, 0.15) is 57.2 Å². The number of hydrogen-bond donors (Lipinski definition) is 3. The number of amides is 3. The smallest absolute Gasteiger partial charge is 0.322 e. The van der Waals surface area contributed by atoms with E-state index < -0.39 is 12.1 Å². The summed E-state index contributed by atoms with van der Waals surface area (Å²) in [6.45, 7) is 6.30. The highest BCUT2D eigenvalue weighted by Crippen LogP contribution is 2.33. The third-order valence-corrected chi connectivity index (χ3v) is 4.98. The lowest BCUT2D eigenvalue weighted by molar-refractivity contribution is -0.120. The second-order valence-corrected chi connectivity index (χ2v) is 8.10. The molecule has 0 bridgehead atoms.